The van der Waals surface area contributed by atoms with Crippen LogP contribution in [-0.2, 0) is 6.42 Å². The molecule has 0 saturated heterocycles. The molecule has 0 aliphatic carbocycles. The summed E-state index contributed by atoms with van der Waals surface area (Å²) in [5.74, 6) is 1.95. The largest absolute Gasteiger partial charge is 0.489 e. The van der Waals surface area contributed by atoms with E-state index in [1.54, 1.807) is 0 Å². The molecule has 0 radical (unpaired) electrons. The molecule has 2 heterocycles. The van der Waals surface area contributed by atoms with Crippen LogP contribution in [0.2, 0.25) is 0 Å². The van der Waals surface area contributed by atoms with E-state index in [0.717, 1.165) is 37.4 Å². The maximum absolute atomic E-state index is 6.15. The van der Waals surface area contributed by atoms with Gasteiger partial charge in [0.15, 0.2) is 11.5 Å². The zero-order valence-electron chi connectivity index (χ0n) is 13.0. The summed E-state index contributed by atoms with van der Waals surface area (Å²) in [6, 6.07) is 5.28. The Kier molecular flexibility index (Phi) is 3.41. The van der Waals surface area contributed by atoms with Crippen LogP contribution in [0.3, 0.4) is 0 Å². The summed E-state index contributed by atoms with van der Waals surface area (Å²) in [6.45, 7) is 9.44. The normalized spacial score (nSPS) is 23.6. The molecule has 3 nitrogen and oxygen atoms in total. The van der Waals surface area contributed by atoms with Crippen molar-refractivity contribution in [2.45, 2.75) is 64.6 Å². The van der Waals surface area contributed by atoms with Crippen molar-refractivity contribution in [2.75, 3.05) is 6.61 Å². The lowest BCUT2D eigenvalue weighted by atomic mass is 9.96. The van der Waals surface area contributed by atoms with E-state index in [9.17, 15) is 0 Å². The van der Waals surface area contributed by atoms with Gasteiger partial charge in [-0.15, -0.1) is 0 Å². The zero-order valence-corrected chi connectivity index (χ0v) is 13.0. The molecule has 0 spiro atoms. The molecular weight excluding hydrogens is 250 g/mol. The van der Waals surface area contributed by atoms with Gasteiger partial charge >= 0.3 is 0 Å². The molecule has 1 unspecified atom stereocenters. The smallest absolute Gasteiger partial charge is 0.166 e. The lowest BCUT2D eigenvalue weighted by Gasteiger charge is -2.22. The van der Waals surface area contributed by atoms with Crippen molar-refractivity contribution < 1.29 is 9.47 Å². The van der Waals surface area contributed by atoms with Gasteiger partial charge in [0.1, 0.15) is 5.60 Å². The fourth-order valence-electron chi connectivity index (χ4n) is 3.26. The molecule has 3 rings (SSSR count). The van der Waals surface area contributed by atoms with E-state index < -0.39 is 0 Å². The maximum atomic E-state index is 6.15. The Labute approximate surface area is 121 Å². The van der Waals surface area contributed by atoms with Crippen LogP contribution in [0.15, 0.2) is 12.1 Å². The van der Waals surface area contributed by atoms with Crippen LogP contribution in [-0.4, -0.2) is 18.2 Å². The van der Waals surface area contributed by atoms with Gasteiger partial charge in [0.05, 0.1) is 6.61 Å². The molecule has 0 bridgehead atoms. The van der Waals surface area contributed by atoms with Crippen molar-refractivity contribution >= 4 is 0 Å². The zero-order chi connectivity index (χ0) is 14.3. The summed E-state index contributed by atoms with van der Waals surface area (Å²) in [6.07, 6.45) is 3.16. The number of fused-ring (bicyclic) bond motifs is 3. The third kappa shape index (κ3) is 2.51. The summed E-state index contributed by atoms with van der Waals surface area (Å²) in [5, 5.41) is 3.65. The molecule has 1 N–H and O–H groups in total. The van der Waals surface area contributed by atoms with E-state index in [0.29, 0.717) is 12.1 Å². The number of ether oxygens (including phenoxy) is 2. The monoisotopic (exact) mass is 275 g/mol. The second-order valence-corrected chi connectivity index (χ2v) is 6.88. The molecule has 0 amide bonds. The maximum Gasteiger partial charge on any atom is 0.166 e. The van der Waals surface area contributed by atoms with E-state index in [1.165, 1.54) is 11.1 Å². The Morgan fingerprint density at radius 1 is 1.25 bits per heavy atom. The van der Waals surface area contributed by atoms with Crippen molar-refractivity contribution in [3.63, 3.8) is 0 Å². The fraction of sp³-hybridized carbons (Fsp3) is 0.647. The van der Waals surface area contributed by atoms with Gasteiger partial charge < -0.3 is 14.8 Å². The van der Waals surface area contributed by atoms with Crippen molar-refractivity contribution in [3.05, 3.63) is 23.3 Å². The molecule has 0 saturated carbocycles. The van der Waals surface area contributed by atoms with Gasteiger partial charge in [0.25, 0.3) is 0 Å². The molecule has 1 aromatic rings. The predicted molar refractivity (Wildman–Crippen MR) is 80.6 cm³/mol. The highest BCUT2D eigenvalue weighted by atomic mass is 16.5. The molecule has 110 valence electrons. The second-order valence-electron chi connectivity index (χ2n) is 6.88. The number of nitrogens with one attached hydrogen (secondary N) is 1. The van der Waals surface area contributed by atoms with E-state index in [-0.39, 0.29) is 5.60 Å². The van der Waals surface area contributed by atoms with Gasteiger partial charge in [-0.25, -0.2) is 0 Å². The topological polar surface area (TPSA) is 30.5 Å². The molecule has 20 heavy (non-hydrogen) atoms. The predicted octanol–water partition coefficient (Wildman–Crippen LogP) is 3.61. The Hall–Kier alpha value is -1.22. The van der Waals surface area contributed by atoms with Gasteiger partial charge in [0, 0.05) is 29.6 Å². The van der Waals surface area contributed by atoms with E-state index in [4.69, 9.17) is 9.47 Å². The van der Waals surface area contributed by atoms with Crippen LogP contribution in [0, 0.1) is 0 Å². The van der Waals surface area contributed by atoms with Crippen LogP contribution in [0.4, 0.5) is 0 Å². The van der Waals surface area contributed by atoms with Crippen LogP contribution in [0.5, 0.6) is 11.5 Å². The highest BCUT2D eigenvalue weighted by Crippen LogP contribution is 2.47. The standard InChI is InChI=1S/C17H25NO2/c1-11(2)18-14-6-5-9-19-16-13(14)8-7-12-10-17(3,4)20-15(12)16/h7-8,11,14,18H,5-6,9-10H2,1-4H3. The van der Waals surface area contributed by atoms with E-state index in [2.05, 4.69) is 45.1 Å². The highest BCUT2D eigenvalue weighted by molar-refractivity contribution is 5.56. The van der Waals surface area contributed by atoms with Crippen LogP contribution in [0.25, 0.3) is 0 Å². The molecule has 2 aliphatic heterocycles. The van der Waals surface area contributed by atoms with Crippen molar-refractivity contribution in [1.82, 2.24) is 5.32 Å². The van der Waals surface area contributed by atoms with Crippen molar-refractivity contribution in [3.8, 4) is 11.5 Å². The number of rotatable bonds is 2. The quantitative estimate of drug-likeness (QED) is 0.894. The van der Waals surface area contributed by atoms with Gasteiger partial charge in [-0.2, -0.15) is 0 Å². The highest BCUT2D eigenvalue weighted by Gasteiger charge is 2.35. The lowest BCUT2D eigenvalue weighted by Crippen LogP contribution is -2.28. The average molecular weight is 275 g/mol. The SMILES string of the molecule is CC(C)NC1CCCOc2c1ccc1c2OC(C)(C)C1. The second kappa shape index (κ2) is 4.96. The minimum absolute atomic E-state index is 0.117. The summed E-state index contributed by atoms with van der Waals surface area (Å²) < 4.78 is 12.2. The Morgan fingerprint density at radius 2 is 2.05 bits per heavy atom. The Morgan fingerprint density at radius 3 is 2.80 bits per heavy atom. The average Bonchev–Trinajstić information content (AvgIpc) is 2.53. The minimum Gasteiger partial charge on any atom is -0.489 e. The van der Waals surface area contributed by atoms with Crippen LogP contribution in [0.1, 0.15) is 57.7 Å². The van der Waals surface area contributed by atoms with E-state index in [1.807, 2.05) is 0 Å². The first kappa shape index (κ1) is 13.7. The number of hydrogen-bond donors (Lipinski definition) is 1. The van der Waals surface area contributed by atoms with Gasteiger partial charge in [-0.3, -0.25) is 0 Å². The molecule has 1 atom stereocenters. The fourth-order valence-corrected chi connectivity index (χ4v) is 3.26. The Bertz CT molecular complexity index is 508. The molecule has 0 aromatic heterocycles. The summed E-state index contributed by atoms with van der Waals surface area (Å²) in [5.41, 5.74) is 2.42. The third-order valence-electron chi connectivity index (χ3n) is 4.01. The number of hydrogen-bond acceptors (Lipinski definition) is 3. The van der Waals surface area contributed by atoms with Gasteiger partial charge in [-0.05, 0) is 26.7 Å². The summed E-state index contributed by atoms with van der Waals surface area (Å²) >= 11 is 0. The first-order chi connectivity index (χ1) is 9.46. The molecule has 3 heteroatoms. The van der Waals surface area contributed by atoms with Gasteiger partial charge in [-0.1, -0.05) is 26.0 Å². The van der Waals surface area contributed by atoms with Crippen molar-refractivity contribution in [1.29, 1.82) is 0 Å². The molecule has 2 aliphatic rings. The van der Waals surface area contributed by atoms with Crippen LogP contribution >= 0.6 is 0 Å². The molecule has 1 aromatic carbocycles. The van der Waals surface area contributed by atoms with E-state index >= 15 is 0 Å². The number of benzene rings is 1. The molecule has 0 fully saturated rings. The lowest BCUT2D eigenvalue weighted by molar-refractivity contribution is 0.132. The minimum atomic E-state index is -0.117. The van der Waals surface area contributed by atoms with Crippen LogP contribution < -0.4 is 14.8 Å². The first-order valence-corrected chi connectivity index (χ1v) is 7.70. The summed E-state index contributed by atoms with van der Waals surface area (Å²) in [7, 11) is 0. The van der Waals surface area contributed by atoms with Gasteiger partial charge in [0.2, 0.25) is 0 Å². The molecular formula is C17H25NO2. The third-order valence-corrected chi connectivity index (χ3v) is 4.01. The first-order valence-electron chi connectivity index (χ1n) is 7.70. The Balaban J connectivity index is 2.01. The van der Waals surface area contributed by atoms with Crippen molar-refractivity contribution in [2.24, 2.45) is 0 Å². The summed E-state index contributed by atoms with van der Waals surface area (Å²) in [4.78, 5) is 0.